The lowest BCUT2D eigenvalue weighted by atomic mass is 9.96. The molecule has 4 N–H and O–H groups in total. The Bertz CT molecular complexity index is 655. The topological polar surface area (TPSA) is 77.7 Å². The van der Waals surface area contributed by atoms with Gasteiger partial charge in [0.25, 0.3) is 0 Å². The molecule has 3 fully saturated rings. The highest BCUT2D eigenvalue weighted by Crippen LogP contribution is 2.21. The Morgan fingerprint density at radius 1 is 1.37 bits per heavy atom. The van der Waals surface area contributed by atoms with Crippen LogP contribution in [0, 0.1) is 0 Å². The molecule has 0 radical (unpaired) electrons. The fraction of sp³-hybridized carbons (Fsp3) is 0.632. The van der Waals surface area contributed by atoms with Gasteiger partial charge in [0.1, 0.15) is 6.04 Å². The van der Waals surface area contributed by atoms with Crippen LogP contribution >= 0.6 is 11.6 Å². The maximum atomic E-state index is 12.6. The Hall–Kier alpha value is -1.22. The first kappa shape index (κ1) is 19.1. The molecule has 7 nitrogen and oxygen atoms in total. The molecule has 1 aromatic rings. The van der Waals surface area contributed by atoms with E-state index in [1.165, 1.54) is 12.8 Å². The van der Waals surface area contributed by atoms with Gasteiger partial charge in [0.15, 0.2) is 0 Å². The summed E-state index contributed by atoms with van der Waals surface area (Å²) in [7, 11) is 0. The summed E-state index contributed by atoms with van der Waals surface area (Å²) in [5.74, 6) is 0.0183. The molecule has 0 aliphatic carbocycles. The van der Waals surface area contributed by atoms with Crippen molar-refractivity contribution in [2.45, 2.75) is 56.5 Å². The Balaban J connectivity index is 1.22. The molecule has 0 aromatic heterocycles. The number of rotatable bonds is 5. The lowest BCUT2D eigenvalue weighted by Crippen LogP contribution is -2.47. The average molecular weight is 394 g/mol. The SMILES string of the molecule is O=C(NC1CNN(Cc2cccc(Cl)c2)C1)C1CC(C2CCCCN2)ON1. The largest absolute Gasteiger partial charge is 0.349 e. The Labute approximate surface area is 165 Å². The van der Waals surface area contributed by atoms with Crippen LogP contribution in [0.5, 0.6) is 0 Å². The van der Waals surface area contributed by atoms with E-state index in [0.717, 1.165) is 49.6 Å². The summed E-state index contributed by atoms with van der Waals surface area (Å²) in [6.07, 6.45) is 4.36. The molecule has 0 spiro atoms. The number of hydroxylamine groups is 1. The highest BCUT2D eigenvalue weighted by Gasteiger charge is 2.37. The number of nitrogens with zero attached hydrogens (tertiary/aromatic N) is 1. The van der Waals surface area contributed by atoms with Gasteiger partial charge < -0.3 is 10.6 Å². The Kier molecular flexibility index (Phi) is 6.27. The number of halogens is 1. The second-order valence-electron chi connectivity index (χ2n) is 7.70. The van der Waals surface area contributed by atoms with Gasteiger partial charge in [0.05, 0.1) is 12.1 Å². The second-order valence-corrected chi connectivity index (χ2v) is 8.13. The lowest BCUT2D eigenvalue weighted by molar-refractivity contribution is -0.124. The number of benzene rings is 1. The van der Waals surface area contributed by atoms with Crippen LogP contribution in [0.2, 0.25) is 5.02 Å². The van der Waals surface area contributed by atoms with Crippen LogP contribution in [-0.2, 0) is 16.2 Å². The first-order valence-corrected chi connectivity index (χ1v) is 10.2. The minimum Gasteiger partial charge on any atom is -0.349 e. The van der Waals surface area contributed by atoms with Gasteiger partial charge in [0, 0.05) is 37.1 Å². The zero-order chi connectivity index (χ0) is 18.6. The van der Waals surface area contributed by atoms with Gasteiger partial charge in [-0.05, 0) is 37.1 Å². The van der Waals surface area contributed by atoms with E-state index in [1.54, 1.807) is 0 Å². The van der Waals surface area contributed by atoms with Crippen LogP contribution in [0.4, 0.5) is 0 Å². The van der Waals surface area contributed by atoms with E-state index in [2.05, 4.69) is 32.6 Å². The smallest absolute Gasteiger partial charge is 0.239 e. The van der Waals surface area contributed by atoms with E-state index < -0.39 is 0 Å². The molecule has 0 saturated carbocycles. The number of hydrazine groups is 1. The van der Waals surface area contributed by atoms with Crippen molar-refractivity contribution in [3.8, 4) is 0 Å². The number of piperidine rings is 1. The average Bonchev–Trinajstić information content (AvgIpc) is 3.32. The third-order valence-electron chi connectivity index (χ3n) is 5.55. The third kappa shape index (κ3) is 4.99. The molecule has 4 atom stereocenters. The highest BCUT2D eigenvalue weighted by molar-refractivity contribution is 6.30. The van der Waals surface area contributed by atoms with Crippen LogP contribution in [0.3, 0.4) is 0 Å². The van der Waals surface area contributed by atoms with E-state index >= 15 is 0 Å². The summed E-state index contributed by atoms with van der Waals surface area (Å²) in [4.78, 5) is 18.3. The zero-order valence-corrected chi connectivity index (χ0v) is 16.2. The highest BCUT2D eigenvalue weighted by atomic mass is 35.5. The molecule has 3 aliphatic rings. The molecular formula is C19H28ClN5O2. The van der Waals surface area contributed by atoms with Crippen LogP contribution in [0.1, 0.15) is 31.2 Å². The van der Waals surface area contributed by atoms with Crippen molar-refractivity contribution < 1.29 is 9.63 Å². The van der Waals surface area contributed by atoms with Gasteiger partial charge in [-0.15, -0.1) is 0 Å². The monoisotopic (exact) mass is 393 g/mol. The van der Waals surface area contributed by atoms with Gasteiger partial charge >= 0.3 is 0 Å². The van der Waals surface area contributed by atoms with Gasteiger partial charge in [0.2, 0.25) is 5.91 Å². The fourth-order valence-corrected chi connectivity index (χ4v) is 4.32. The van der Waals surface area contributed by atoms with Crippen LogP contribution in [-0.4, -0.2) is 54.8 Å². The minimum atomic E-state index is -0.277. The third-order valence-corrected chi connectivity index (χ3v) is 5.79. The number of carbonyl (C=O) groups excluding carboxylic acids is 1. The number of hydrogen-bond acceptors (Lipinski definition) is 6. The summed E-state index contributed by atoms with van der Waals surface area (Å²) >= 11 is 6.05. The Morgan fingerprint density at radius 2 is 2.30 bits per heavy atom. The summed E-state index contributed by atoms with van der Waals surface area (Å²) in [6, 6.07) is 8.01. The molecular weight excluding hydrogens is 366 g/mol. The molecule has 1 aromatic carbocycles. The maximum absolute atomic E-state index is 12.6. The van der Waals surface area contributed by atoms with Gasteiger partial charge in [-0.2, -0.15) is 5.48 Å². The van der Waals surface area contributed by atoms with E-state index in [4.69, 9.17) is 16.4 Å². The quantitative estimate of drug-likeness (QED) is 0.596. The number of hydrogen-bond donors (Lipinski definition) is 4. The molecule has 27 heavy (non-hydrogen) atoms. The molecule has 1 amide bonds. The molecule has 3 saturated heterocycles. The van der Waals surface area contributed by atoms with Crippen LogP contribution in [0.25, 0.3) is 0 Å². The normalized spacial score (nSPS) is 31.9. The van der Waals surface area contributed by atoms with Crippen molar-refractivity contribution in [1.82, 2.24) is 26.5 Å². The van der Waals surface area contributed by atoms with E-state index in [0.29, 0.717) is 6.04 Å². The molecule has 4 rings (SSSR count). The van der Waals surface area contributed by atoms with Gasteiger partial charge in [-0.1, -0.05) is 30.2 Å². The molecule has 4 unspecified atom stereocenters. The minimum absolute atomic E-state index is 0.0183. The van der Waals surface area contributed by atoms with Crippen molar-refractivity contribution in [2.75, 3.05) is 19.6 Å². The molecule has 0 bridgehead atoms. The van der Waals surface area contributed by atoms with Crippen molar-refractivity contribution in [3.63, 3.8) is 0 Å². The first-order chi connectivity index (χ1) is 13.2. The summed E-state index contributed by atoms with van der Waals surface area (Å²) < 4.78 is 0. The predicted octanol–water partition coefficient (Wildman–Crippen LogP) is 0.949. The number of carbonyl (C=O) groups is 1. The lowest BCUT2D eigenvalue weighted by Gasteiger charge is -2.27. The summed E-state index contributed by atoms with van der Waals surface area (Å²) in [5, 5.41) is 9.50. The number of nitrogens with one attached hydrogen (secondary N) is 4. The molecule has 8 heteroatoms. The summed E-state index contributed by atoms with van der Waals surface area (Å²) in [5.41, 5.74) is 7.43. The molecule has 148 valence electrons. The first-order valence-electron chi connectivity index (χ1n) is 9.85. The van der Waals surface area contributed by atoms with E-state index in [9.17, 15) is 4.79 Å². The molecule has 3 aliphatic heterocycles. The predicted molar refractivity (Wildman–Crippen MR) is 104 cm³/mol. The van der Waals surface area contributed by atoms with Crippen LogP contribution < -0.4 is 21.5 Å². The van der Waals surface area contributed by atoms with E-state index in [1.807, 2.05) is 18.2 Å². The van der Waals surface area contributed by atoms with Gasteiger partial charge in [-0.3, -0.25) is 15.1 Å². The fourth-order valence-electron chi connectivity index (χ4n) is 4.11. The van der Waals surface area contributed by atoms with Crippen molar-refractivity contribution in [2.24, 2.45) is 0 Å². The Morgan fingerprint density at radius 3 is 3.11 bits per heavy atom. The van der Waals surface area contributed by atoms with Crippen molar-refractivity contribution >= 4 is 17.5 Å². The van der Waals surface area contributed by atoms with Crippen LogP contribution in [0.15, 0.2) is 24.3 Å². The van der Waals surface area contributed by atoms with Crippen molar-refractivity contribution in [3.05, 3.63) is 34.9 Å². The second kappa shape index (κ2) is 8.86. The zero-order valence-electron chi connectivity index (χ0n) is 15.4. The summed E-state index contributed by atoms with van der Waals surface area (Å²) in [6.45, 7) is 3.29. The molecule has 3 heterocycles. The maximum Gasteiger partial charge on any atom is 0.239 e. The van der Waals surface area contributed by atoms with E-state index in [-0.39, 0.29) is 24.1 Å². The number of amides is 1. The van der Waals surface area contributed by atoms with Gasteiger partial charge in [-0.25, -0.2) is 5.01 Å². The van der Waals surface area contributed by atoms with Crippen molar-refractivity contribution in [1.29, 1.82) is 0 Å². The standard InChI is InChI=1S/C19H28ClN5O2/c20-14-5-3-4-13(8-14)11-25-12-15(10-22-25)23-19(26)17-9-18(27-24-17)16-6-1-2-7-21-16/h3-5,8,15-18,21-22,24H,1-2,6-7,9-12H2,(H,23,26).